The Morgan fingerprint density at radius 3 is 2.74 bits per heavy atom. The van der Waals surface area contributed by atoms with Crippen LogP contribution < -0.4 is 5.32 Å². The molecular weight excluding hydrogens is 238 g/mol. The quantitative estimate of drug-likeness (QED) is 0.894. The van der Waals surface area contributed by atoms with Crippen LogP contribution in [0.2, 0.25) is 0 Å². The summed E-state index contributed by atoms with van der Waals surface area (Å²) >= 11 is 0. The lowest BCUT2D eigenvalue weighted by molar-refractivity contribution is 0.0692. The number of nitrogens with zero attached hydrogens (tertiary/aromatic N) is 2. The zero-order valence-corrected chi connectivity index (χ0v) is 11.2. The molecule has 4 heteroatoms. The van der Waals surface area contributed by atoms with Crippen LogP contribution in [0.4, 0.5) is 0 Å². The molecule has 4 nitrogen and oxygen atoms in total. The minimum Gasteiger partial charge on any atom is -0.334 e. The number of nitriles is 1. The molecule has 2 rings (SSSR count). The Kier molecular flexibility index (Phi) is 4.53. The van der Waals surface area contributed by atoms with Crippen molar-refractivity contribution in [3.8, 4) is 6.07 Å². The van der Waals surface area contributed by atoms with E-state index in [4.69, 9.17) is 5.26 Å². The molecule has 1 amide bonds. The zero-order chi connectivity index (χ0) is 13.7. The molecule has 1 N–H and O–H groups in total. The van der Waals surface area contributed by atoms with Gasteiger partial charge in [0.1, 0.15) is 0 Å². The molecule has 0 aliphatic carbocycles. The minimum absolute atomic E-state index is 0.0695. The van der Waals surface area contributed by atoms with Crippen molar-refractivity contribution in [2.45, 2.75) is 25.8 Å². The van der Waals surface area contributed by atoms with Gasteiger partial charge in [0.25, 0.3) is 5.91 Å². The number of carbonyl (C=O) groups is 1. The largest absolute Gasteiger partial charge is 0.334 e. The first-order chi connectivity index (χ1) is 9.26. The lowest BCUT2D eigenvalue weighted by Crippen LogP contribution is -2.42. The summed E-state index contributed by atoms with van der Waals surface area (Å²) in [5.74, 6) is 0.0695. The highest BCUT2D eigenvalue weighted by molar-refractivity contribution is 5.94. The summed E-state index contributed by atoms with van der Waals surface area (Å²) in [6.45, 7) is 4.72. The van der Waals surface area contributed by atoms with Crippen LogP contribution in [-0.4, -0.2) is 36.5 Å². The van der Waals surface area contributed by atoms with E-state index in [1.54, 1.807) is 24.3 Å². The van der Waals surface area contributed by atoms with Gasteiger partial charge in [-0.05, 0) is 43.7 Å². The van der Waals surface area contributed by atoms with Gasteiger partial charge >= 0.3 is 0 Å². The molecule has 1 aliphatic heterocycles. The summed E-state index contributed by atoms with van der Waals surface area (Å²) in [5.41, 5.74) is 1.25. The molecule has 100 valence electrons. The molecule has 0 saturated carbocycles. The van der Waals surface area contributed by atoms with Crippen LogP contribution in [0.5, 0.6) is 0 Å². The number of amides is 1. The molecule has 0 radical (unpaired) electrons. The molecule has 1 aliphatic rings. The highest BCUT2D eigenvalue weighted by Crippen LogP contribution is 2.14. The molecule has 0 unspecified atom stereocenters. The molecule has 1 heterocycles. The summed E-state index contributed by atoms with van der Waals surface area (Å²) in [6.07, 6.45) is 1.97. The van der Waals surface area contributed by atoms with Gasteiger partial charge in [0, 0.05) is 24.7 Å². The van der Waals surface area contributed by atoms with E-state index in [1.165, 1.54) is 0 Å². The summed E-state index contributed by atoms with van der Waals surface area (Å²) in [7, 11) is 0. The predicted molar refractivity (Wildman–Crippen MR) is 73.8 cm³/mol. The van der Waals surface area contributed by atoms with Crippen molar-refractivity contribution in [3.63, 3.8) is 0 Å². The van der Waals surface area contributed by atoms with Gasteiger partial charge in [-0.25, -0.2) is 0 Å². The molecule has 1 aromatic carbocycles. The molecule has 0 bridgehead atoms. The van der Waals surface area contributed by atoms with E-state index in [0.29, 0.717) is 17.2 Å². The Labute approximate surface area is 114 Å². The van der Waals surface area contributed by atoms with Gasteiger partial charge in [0.2, 0.25) is 0 Å². The van der Waals surface area contributed by atoms with Gasteiger partial charge in [0.05, 0.1) is 11.6 Å². The van der Waals surface area contributed by atoms with Crippen LogP contribution in [-0.2, 0) is 0 Å². The van der Waals surface area contributed by atoms with Gasteiger partial charge in [0.15, 0.2) is 0 Å². The van der Waals surface area contributed by atoms with Crippen LogP contribution in [0.1, 0.15) is 35.7 Å². The van der Waals surface area contributed by atoms with Crippen molar-refractivity contribution in [2.24, 2.45) is 0 Å². The maximum absolute atomic E-state index is 12.5. The van der Waals surface area contributed by atoms with Crippen molar-refractivity contribution in [2.75, 3.05) is 19.6 Å². The maximum atomic E-state index is 12.5. The average Bonchev–Trinajstić information content (AvgIpc) is 2.98. The molecule has 1 aromatic rings. The van der Waals surface area contributed by atoms with E-state index in [1.807, 2.05) is 4.90 Å². The fraction of sp³-hybridized carbons (Fsp3) is 0.467. The Balaban J connectivity index is 2.15. The fourth-order valence-corrected chi connectivity index (χ4v) is 2.45. The summed E-state index contributed by atoms with van der Waals surface area (Å²) < 4.78 is 0. The first-order valence-electron chi connectivity index (χ1n) is 6.78. The fourth-order valence-electron chi connectivity index (χ4n) is 2.45. The Morgan fingerprint density at radius 2 is 2.21 bits per heavy atom. The molecule has 19 heavy (non-hydrogen) atoms. The monoisotopic (exact) mass is 257 g/mol. The van der Waals surface area contributed by atoms with Crippen molar-refractivity contribution >= 4 is 5.91 Å². The second-order valence-corrected chi connectivity index (χ2v) is 4.83. The smallest absolute Gasteiger partial charge is 0.254 e. The van der Waals surface area contributed by atoms with Crippen molar-refractivity contribution < 1.29 is 4.79 Å². The van der Waals surface area contributed by atoms with Crippen LogP contribution >= 0.6 is 0 Å². The van der Waals surface area contributed by atoms with E-state index < -0.39 is 0 Å². The SMILES string of the molecule is CCCN(C(=O)c1ccc(C#N)cc1)[C@H]1CCNC1. The highest BCUT2D eigenvalue weighted by Gasteiger charge is 2.26. The van der Waals surface area contributed by atoms with Crippen LogP contribution in [0.15, 0.2) is 24.3 Å². The number of rotatable bonds is 4. The van der Waals surface area contributed by atoms with E-state index in [2.05, 4.69) is 18.3 Å². The first kappa shape index (κ1) is 13.6. The van der Waals surface area contributed by atoms with E-state index in [-0.39, 0.29) is 5.91 Å². The normalized spacial score (nSPS) is 18.0. The first-order valence-corrected chi connectivity index (χ1v) is 6.78. The number of carbonyl (C=O) groups excluding carboxylic acids is 1. The third-order valence-corrected chi connectivity index (χ3v) is 3.46. The third-order valence-electron chi connectivity index (χ3n) is 3.46. The van der Waals surface area contributed by atoms with Gasteiger partial charge in [-0.2, -0.15) is 5.26 Å². The summed E-state index contributed by atoms with van der Waals surface area (Å²) in [6, 6.07) is 9.24. The van der Waals surface area contributed by atoms with Gasteiger partial charge < -0.3 is 10.2 Å². The Hall–Kier alpha value is -1.86. The van der Waals surface area contributed by atoms with Gasteiger partial charge in [-0.15, -0.1) is 0 Å². The molecule has 0 aromatic heterocycles. The average molecular weight is 257 g/mol. The molecule has 0 spiro atoms. The van der Waals surface area contributed by atoms with Crippen molar-refractivity contribution in [1.29, 1.82) is 5.26 Å². The summed E-state index contributed by atoms with van der Waals surface area (Å²) in [4.78, 5) is 14.5. The Bertz CT molecular complexity index is 469. The standard InChI is InChI=1S/C15H19N3O/c1-2-9-18(14-7-8-17-11-14)15(19)13-5-3-12(10-16)4-6-13/h3-6,14,17H,2,7-9,11H2,1H3/t14-/m0/s1. The van der Waals surface area contributed by atoms with E-state index >= 15 is 0 Å². The topological polar surface area (TPSA) is 56.1 Å². The predicted octanol–water partition coefficient (Wildman–Crippen LogP) is 1.77. The summed E-state index contributed by atoms with van der Waals surface area (Å²) in [5, 5.41) is 12.1. The second kappa shape index (κ2) is 6.35. The Morgan fingerprint density at radius 1 is 1.47 bits per heavy atom. The third kappa shape index (κ3) is 3.12. The van der Waals surface area contributed by atoms with Crippen molar-refractivity contribution in [3.05, 3.63) is 35.4 Å². The second-order valence-electron chi connectivity index (χ2n) is 4.83. The molecule has 1 fully saturated rings. The minimum atomic E-state index is 0.0695. The number of hydrogen-bond acceptors (Lipinski definition) is 3. The number of nitrogens with one attached hydrogen (secondary N) is 1. The molecule has 1 saturated heterocycles. The lowest BCUT2D eigenvalue weighted by atomic mass is 10.1. The lowest BCUT2D eigenvalue weighted by Gasteiger charge is -2.28. The van der Waals surface area contributed by atoms with Crippen LogP contribution in [0, 0.1) is 11.3 Å². The molecular formula is C15H19N3O. The number of hydrogen-bond donors (Lipinski definition) is 1. The van der Waals surface area contributed by atoms with Crippen molar-refractivity contribution in [1.82, 2.24) is 10.2 Å². The van der Waals surface area contributed by atoms with Gasteiger partial charge in [-0.1, -0.05) is 6.92 Å². The van der Waals surface area contributed by atoms with Crippen LogP contribution in [0.3, 0.4) is 0 Å². The molecule has 1 atom stereocenters. The highest BCUT2D eigenvalue weighted by atomic mass is 16.2. The van der Waals surface area contributed by atoms with E-state index in [9.17, 15) is 4.79 Å². The number of benzene rings is 1. The van der Waals surface area contributed by atoms with Gasteiger partial charge in [-0.3, -0.25) is 4.79 Å². The van der Waals surface area contributed by atoms with Crippen LogP contribution in [0.25, 0.3) is 0 Å². The zero-order valence-electron chi connectivity index (χ0n) is 11.2. The van der Waals surface area contributed by atoms with E-state index in [0.717, 1.165) is 32.5 Å². The maximum Gasteiger partial charge on any atom is 0.254 e.